The van der Waals surface area contributed by atoms with Crippen molar-refractivity contribution in [2.24, 2.45) is 0 Å². The number of carbonyl (C=O) groups excluding carboxylic acids is 2. The van der Waals surface area contributed by atoms with Crippen molar-refractivity contribution in [3.05, 3.63) is 23.8 Å². The Kier molecular flexibility index (Phi) is 3.66. The Bertz CT molecular complexity index is 475. The van der Waals surface area contributed by atoms with Crippen molar-refractivity contribution in [2.45, 2.75) is 38.8 Å². The number of aryl methyl sites for hydroxylation is 1. The molecule has 2 N–H and O–H groups in total. The van der Waals surface area contributed by atoms with Crippen LogP contribution in [0.5, 0.6) is 0 Å². The number of imide groups is 1. The lowest BCUT2D eigenvalue weighted by atomic mass is 10.0. The van der Waals surface area contributed by atoms with Gasteiger partial charge in [-0.15, -0.1) is 0 Å². The minimum atomic E-state index is -0.348. The standard InChI is InChI=1S/C12H16N4O2/c1-7-11(14-6-5-13-7)8(2)15-9-3-4-10(17)16-12(9)18/h5-6,8-9,15H,3-4H2,1-2H3,(H,16,17,18). The lowest BCUT2D eigenvalue weighted by molar-refractivity contribution is -0.134. The molecule has 0 radical (unpaired) electrons. The summed E-state index contributed by atoms with van der Waals surface area (Å²) in [6.45, 7) is 3.81. The van der Waals surface area contributed by atoms with Gasteiger partial charge in [0.1, 0.15) is 0 Å². The molecule has 2 unspecified atom stereocenters. The van der Waals surface area contributed by atoms with Crippen molar-refractivity contribution in [1.82, 2.24) is 20.6 Å². The number of nitrogens with one attached hydrogen (secondary N) is 2. The van der Waals surface area contributed by atoms with Crippen LogP contribution in [-0.4, -0.2) is 27.8 Å². The average molecular weight is 248 g/mol. The second kappa shape index (κ2) is 5.22. The van der Waals surface area contributed by atoms with E-state index in [-0.39, 0.29) is 23.9 Å². The topological polar surface area (TPSA) is 84.0 Å². The van der Waals surface area contributed by atoms with Gasteiger partial charge in [0.2, 0.25) is 11.8 Å². The molecule has 1 aromatic rings. The predicted octanol–water partition coefficient (Wildman–Crippen LogP) is 0.241. The first-order chi connectivity index (χ1) is 8.58. The zero-order valence-electron chi connectivity index (χ0n) is 10.4. The van der Waals surface area contributed by atoms with Gasteiger partial charge < -0.3 is 0 Å². The van der Waals surface area contributed by atoms with E-state index >= 15 is 0 Å². The Morgan fingerprint density at radius 2 is 2.11 bits per heavy atom. The number of aromatic nitrogens is 2. The summed E-state index contributed by atoms with van der Waals surface area (Å²) >= 11 is 0. The van der Waals surface area contributed by atoms with E-state index in [4.69, 9.17) is 0 Å². The Morgan fingerprint density at radius 3 is 2.78 bits per heavy atom. The van der Waals surface area contributed by atoms with E-state index in [0.29, 0.717) is 12.8 Å². The molecule has 0 saturated carbocycles. The van der Waals surface area contributed by atoms with E-state index in [1.165, 1.54) is 0 Å². The molecule has 1 fully saturated rings. The Labute approximate surface area is 105 Å². The van der Waals surface area contributed by atoms with E-state index in [0.717, 1.165) is 11.4 Å². The highest BCUT2D eigenvalue weighted by atomic mass is 16.2. The van der Waals surface area contributed by atoms with Crippen LogP contribution in [0.3, 0.4) is 0 Å². The van der Waals surface area contributed by atoms with Crippen LogP contribution in [0.1, 0.15) is 37.2 Å². The van der Waals surface area contributed by atoms with Gasteiger partial charge in [-0.25, -0.2) is 0 Å². The Morgan fingerprint density at radius 1 is 1.39 bits per heavy atom. The van der Waals surface area contributed by atoms with Crippen LogP contribution < -0.4 is 10.6 Å². The normalized spacial score (nSPS) is 21.6. The molecule has 2 rings (SSSR count). The SMILES string of the molecule is Cc1nccnc1C(C)NC1CCC(=O)NC1=O. The van der Waals surface area contributed by atoms with E-state index in [1.54, 1.807) is 12.4 Å². The summed E-state index contributed by atoms with van der Waals surface area (Å²) in [4.78, 5) is 31.1. The molecule has 2 heterocycles. The molecule has 6 nitrogen and oxygen atoms in total. The third-order valence-corrected chi connectivity index (χ3v) is 3.02. The van der Waals surface area contributed by atoms with Crippen LogP contribution in [0.25, 0.3) is 0 Å². The van der Waals surface area contributed by atoms with E-state index in [9.17, 15) is 9.59 Å². The lowest BCUT2D eigenvalue weighted by Crippen LogP contribution is -2.51. The molecule has 1 aromatic heterocycles. The molecule has 1 aliphatic heterocycles. The van der Waals surface area contributed by atoms with Crippen molar-refractivity contribution < 1.29 is 9.59 Å². The number of rotatable bonds is 3. The summed E-state index contributed by atoms with van der Waals surface area (Å²) in [7, 11) is 0. The van der Waals surface area contributed by atoms with Gasteiger partial charge in [0.05, 0.1) is 17.4 Å². The maximum absolute atomic E-state index is 11.6. The van der Waals surface area contributed by atoms with Crippen LogP contribution in [0, 0.1) is 6.92 Å². The smallest absolute Gasteiger partial charge is 0.243 e. The fourth-order valence-electron chi connectivity index (χ4n) is 2.08. The second-order valence-corrected chi connectivity index (χ2v) is 4.42. The predicted molar refractivity (Wildman–Crippen MR) is 64.5 cm³/mol. The third kappa shape index (κ3) is 2.70. The molecule has 2 atom stereocenters. The Balaban J connectivity index is 2.04. The fourth-order valence-corrected chi connectivity index (χ4v) is 2.08. The van der Waals surface area contributed by atoms with E-state index in [1.807, 2.05) is 13.8 Å². The fraction of sp³-hybridized carbons (Fsp3) is 0.500. The first-order valence-corrected chi connectivity index (χ1v) is 5.95. The second-order valence-electron chi connectivity index (χ2n) is 4.42. The van der Waals surface area contributed by atoms with Crippen LogP contribution in [0.4, 0.5) is 0 Å². The zero-order valence-corrected chi connectivity index (χ0v) is 10.4. The summed E-state index contributed by atoms with van der Waals surface area (Å²) in [5, 5.41) is 5.50. The maximum atomic E-state index is 11.6. The first kappa shape index (κ1) is 12.6. The van der Waals surface area contributed by atoms with E-state index < -0.39 is 0 Å². The van der Waals surface area contributed by atoms with Crippen molar-refractivity contribution in [3.63, 3.8) is 0 Å². The quantitative estimate of drug-likeness (QED) is 0.749. The minimum absolute atomic E-state index is 0.0809. The zero-order chi connectivity index (χ0) is 13.1. The van der Waals surface area contributed by atoms with Crippen molar-refractivity contribution in [3.8, 4) is 0 Å². The molecule has 1 saturated heterocycles. The van der Waals surface area contributed by atoms with Gasteiger partial charge in [-0.05, 0) is 20.3 Å². The molecule has 2 amide bonds. The summed E-state index contributed by atoms with van der Waals surface area (Å²) < 4.78 is 0. The molecule has 0 aromatic carbocycles. The van der Waals surface area contributed by atoms with Crippen LogP contribution >= 0.6 is 0 Å². The van der Waals surface area contributed by atoms with Crippen molar-refractivity contribution in [2.75, 3.05) is 0 Å². The van der Waals surface area contributed by atoms with Gasteiger partial charge in [0.15, 0.2) is 0 Å². The van der Waals surface area contributed by atoms with Gasteiger partial charge in [-0.3, -0.25) is 30.2 Å². The van der Waals surface area contributed by atoms with Crippen LogP contribution in [-0.2, 0) is 9.59 Å². The summed E-state index contributed by atoms with van der Waals surface area (Å²) in [6, 6.07) is -0.429. The summed E-state index contributed by atoms with van der Waals surface area (Å²) in [5.41, 5.74) is 1.66. The summed E-state index contributed by atoms with van der Waals surface area (Å²) in [6.07, 6.45) is 4.16. The number of nitrogens with zero attached hydrogens (tertiary/aromatic N) is 2. The lowest BCUT2D eigenvalue weighted by Gasteiger charge is -2.25. The van der Waals surface area contributed by atoms with E-state index in [2.05, 4.69) is 20.6 Å². The van der Waals surface area contributed by atoms with Crippen molar-refractivity contribution in [1.29, 1.82) is 0 Å². The molecule has 1 aliphatic rings. The highest BCUT2D eigenvalue weighted by molar-refractivity contribution is 6.00. The number of piperidine rings is 1. The molecule has 0 spiro atoms. The number of hydrogen-bond donors (Lipinski definition) is 2. The van der Waals surface area contributed by atoms with Gasteiger partial charge >= 0.3 is 0 Å². The third-order valence-electron chi connectivity index (χ3n) is 3.02. The number of amides is 2. The van der Waals surface area contributed by atoms with Crippen LogP contribution in [0.15, 0.2) is 12.4 Å². The first-order valence-electron chi connectivity index (χ1n) is 5.95. The minimum Gasteiger partial charge on any atom is -0.298 e. The monoisotopic (exact) mass is 248 g/mol. The van der Waals surface area contributed by atoms with Crippen LogP contribution in [0.2, 0.25) is 0 Å². The number of carbonyl (C=O) groups is 2. The molecule has 96 valence electrons. The molecule has 18 heavy (non-hydrogen) atoms. The van der Waals surface area contributed by atoms with Gasteiger partial charge in [0.25, 0.3) is 0 Å². The molecular weight excluding hydrogens is 232 g/mol. The summed E-state index contributed by atoms with van der Waals surface area (Å²) in [5.74, 6) is -0.471. The largest absolute Gasteiger partial charge is 0.298 e. The number of hydrogen-bond acceptors (Lipinski definition) is 5. The molecule has 6 heteroatoms. The average Bonchev–Trinajstić information content (AvgIpc) is 2.33. The van der Waals surface area contributed by atoms with Gasteiger partial charge in [0, 0.05) is 24.9 Å². The molecular formula is C12H16N4O2. The highest BCUT2D eigenvalue weighted by Gasteiger charge is 2.28. The molecule has 0 bridgehead atoms. The van der Waals surface area contributed by atoms with Gasteiger partial charge in [-0.2, -0.15) is 0 Å². The highest BCUT2D eigenvalue weighted by Crippen LogP contribution is 2.15. The Hall–Kier alpha value is -1.82. The molecule has 0 aliphatic carbocycles. The van der Waals surface area contributed by atoms with Gasteiger partial charge in [-0.1, -0.05) is 0 Å². The maximum Gasteiger partial charge on any atom is 0.243 e. The van der Waals surface area contributed by atoms with Crippen molar-refractivity contribution >= 4 is 11.8 Å².